The van der Waals surface area contributed by atoms with Crippen molar-refractivity contribution in [2.24, 2.45) is 0 Å². The van der Waals surface area contributed by atoms with Crippen molar-refractivity contribution in [2.45, 2.75) is 39.7 Å². The van der Waals surface area contributed by atoms with E-state index in [0.717, 1.165) is 16.8 Å². The van der Waals surface area contributed by atoms with Crippen LogP contribution in [0.1, 0.15) is 48.2 Å². The van der Waals surface area contributed by atoms with Crippen molar-refractivity contribution >= 4 is 17.6 Å². The third-order valence-corrected chi connectivity index (χ3v) is 4.75. The normalized spacial score (nSPS) is 11.6. The summed E-state index contributed by atoms with van der Waals surface area (Å²) in [6.45, 7) is 7.55. The molecule has 0 aromatic heterocycles. The van der Waals surface area contributed by atoms with Gasteiger partial charge in [0, 0.05) is 17.8 Å². The number of ether oxygens (including phenoxy) is 4. The average Bonchev–Trinajstić information content (AvgIpc) is 2.73. The Kier molecular flexibility index (Phi) is 7.69. The van der Waals surface area contributed by atoms with Gasteiger partial charge in [-0.3, -0.25) is 4.79 Å². The molecule has 1 N–H and O–H groups in total. The molecule has 1 atom stereocenters. The van der Waals surface area contributed by atoms with E-state index in [9.17, 15) is 9.59 Å². The number of hydrogen-bond acceptors (Lipinski definition) is 6. The van der Waals surface area contributed by atoms with Gasteiger partial charge in [0.2, 0.25) is 0 Å². The van der Waals surface area contributed by atoms with Crippen molar-refractivity contribution in [1.82, 2.24) is 0 Å². The Morgan fingerprint density at radius 1 is 0.900 bits per heavy atom. The fourth-order valence-corrected chi connectivity index (χ4v) is 3.03. The fourth-order valence-electron chi connectivity index (χ4n) is 3.03. The summed E-state index contributed by atoms with van der Waals surface area (Å²) in [7, 11) is 4.38. The molecule has 7 heteroatoms. The van der Waals surface area contributed by atoms with E-state index in [1.807, 2.05) is 25.1 Å². The highest BCUT2D eigenvalue weighted by molar-refractivity contribution is 5.99. The number of carbonyl (C=O) groups is 2. The zero-order chi connectivity index (χ0) is 22.4. The molecule has 0 aliphatic rings. The Morgan fingerprint density at radius 3 is 2.07 bits per heavy atom. The van der Waals surface area contributed by atoms with Crippen LogP contribution in [0.25, 0.3) is 0 Å². The lowest BCUT2D eigenvalue weighted by atomic mass is 9.98. The summed E-state index contributed by atoms with van der Waals surface area (Å²) in [5.41, 5.74) is 2.83. The Bertz CT molecular complexity index is 922. The number of nitrogens with one attached hydrogen (secondary N) is 1. The number of hydrogen-bond donors (Lipinski definition) is 1. The van der Waals surface area contributed by atoms with Gasteiger partial charge in [0.25, 0.3) is 5.91 Å². The van der Waals surface area contributed by atoms with E-state index in [4.69, 9.17) is 18.9 Å². The largest absolute Gasteiger partial charge is 0.496 e. The summed E-state index contributed by atoms with van der Waals surface area (Å²) < 4.78 is 21.1. The smallest absolute Gasteiger partial charge is 0.342 e. The molecule has 162 valence electrons. The van der Waals surface area contributed by atoms with Crippen LogP contribution < -0.4 is 19.5 Å². The Balaban J connectivity index is 2.21. The summed E-state index contributed by atoms with van der Waals surface area (Å²) in [6, 6.07) is 8.84. The van der Waals surface area contributed by atoms with Crippen molar-refractivity contribution in [1.29, 1.82) is 0 Å². The highest BCUT2D eigenvalue weighted by atomic mass is 16.6. The SMILES string of the molecule is COc1cc(OC)c(C(=O)O[C@H](C)C(=O)Nc2c(C)cccc2C(C)C)cc1OC. The maximum absolute atomic E-state index is 12.7. The van der Waals surface area contributed by atoms with Crippen LogP contribution in [0.4, 0.5) is 5.69 Å². The highest BCUT2D eigenvalue weighted by Gasteiger charge is 2.24. The van der Waals surface area contributed by atoms with Crippen LogP contribution in [0, 0.1) is 6.92 Å². The number of carbonyl (C=O) groups excluding carboxylic acids is 2. The third kappa shape index (κ3) is 5.03. The summed E-state index contributed by atoms with van der Waals surface area (Å²) in [5.74, 6) is 0.130. The first-order valence-corrected chi connectivity index (χ1v) is 9.64. The van der Waals surface area contributed by atoms with Gasteiger partial charge in [0.1, 0.15) is 11.3 Å². The van der Waals surface area contributed by atoms with Crippen molar-refractivity contribution < 1.29 is 28.5 Å². The molecule has 7 nitrogen and oxygen atoms in total. The number of methoxy groups -OCH3 is 3. The predicted octanol–water partition coefficient (Wildman–Crippen LogP) is 4.33. The quantitative estimate of drug-likeness (QED) is 0.646. The molecule has 0 radical (unpaired) electrons. The molecular formula is C23H29NO6. The minimum absolute atomic E-state index is 0.133. The number of rotatable bonds is 8. The van der Waals surface area contributed by atoms with Gasteiger partial charge in [-0.2, -0.15) is 0 Å². The second-order valence-electron chi connectivity index (χ2n) is 7.14. The molecule has 0 aliphatic heterocycles. The lowest BCUT2D eigenvalue weighted by Crippen LogP contribution is -2.30. The first-order chi connectivity index (χ1) is 14.2. The standard InChI is InChI=1S/C23H29NO6/c1-13(2)16-10-8-9-14(3)21(16)24-22(25)15(4)30-23(26)17-11-19(28-6)20(29-7)12-18(17)27-5/h8-13,15H,1-7H3,(H,24,25)/t15-/m1/s1. The predicted molar refractivity (Wildman–Crippen MR) is 115 cm³/mol. The maximum Gasteiger partial charge on any atom is 0.342 e. The minimum Gasteiger partial charge on any atom is -0.496 e. The van der Waals surface area contributed by atoms with Crippen LogP contribution >= 0.6 is 0 Å². The number of anilines is 1. The monoisotopic (exact) mass is 415 g/mol. The molecule has 0 saturated heterocycles. The molecule has 0 spiro atoms. The third-order valence-electron chi connectivity index (χ3n) is 4.75. The first-order valence-electron chi connectivity index (χ1n) is 9.64. The minimum atomic E-state index is -1.02. The van der Waals surface area contributed by atoms with Crippen molar-refractivity contribution in [3.63, 3.8) is 0 Å². The second kappa shape index (κ2) is 10.0. The van der Waals surface area contributed by atoms with Crippen LogP contribution in [0.3, 0.4) is 0 Å². The molecule has 0 aliphatic carbocycles. The Hall–Kier alpha value is -3.22. The molecule has 2 aromatic carbocycles. The molecule has 2 rings (SSSR count). The van der Waals surface area contributed by atoms with E-state index >= 15 is 0 Å². The van der Waals surface area contributed by atoms with E-state index in [0.29, 0.717) is 11.5 Å². The second-order valence-corrected chi connectivity index (χ2v) is 7.14. The van der Waals surface area contributed by atoms with Crippen LogP contribution in [0.5, 0.6) is 17.2 Å². The van der Waals surface area contributed by atoms with Gasteiger partial charge in [0.05, 0.1) is 21.3 Å². The van der Waals surface area contributed by atoms with E-state index in [1.165, 1.54) is 40.4 Å². The Morgan fingerprint density at radius 2 is 1.50 bits per heavy atom. The van der Waals surface area contributed by atoms with Crippen LogP contribution in [0.2, 0.25) is 0 Å². The van der Waals surface area contributed by atoms with Gasteiger partial charge in [0.15, 0.2) is 17.6 Å². The zero-order valence-electron chi connectivity index (χ0n) is 18.5. The molecule has 1 amide bonds. The molecule has 0 saturated carbocycles. The topological polar surface area (TPSA) is 83.1 Å². The van der Waals surface area contributed by atoms with E-state index in [1.54, 1.807) is 0 Å². The van der Waals surface area contributed by atoms with E-state index < -0.39 is 18.0 Å². The molecule has 0 unspecified atom stereocenters. The molecule has 30 heavy (non-hydrogen) atoms. The number of benzene rings is 2. The van der Waals surface area contributed by atoms with Gasteiger partial charge in [-0.25, -0.2) is 4.79 Å². The van der Waals surface area contributed by atoms with Gasteiger partial charge in [-0.15, -0.1) is 0 Å². The summed E-state index contributed by atoms with van der Waals surface area (Å²) >= 11 is 0. The zero-order valence-corrected chi connectivity index (χ0v) is 18.5. The summed E-state index contributed by atoms with van der Waals surface area (Å²) in [6.07, 6.45) is -1.02. The van der Waals surface area contributed by atoms with Crippen LogP contribution in [0.15, 0.2) is 30.3 Å². The van der Waals surface area contributed by atoms with Crippen molar-refractivity contribution in [3.05, 3.63) is 47.0 Å². The summed E-state index contributed by atoms with van der Waals surface area (Å²) in [5, 5.41) is 2.89. The molecule has 0 fully saturated rings. The number of esters is 1. The molecule has 0 heterocycles. The lowest BCUT2D eigenvalue weighted by Gasteiger charge is -2.19. The number of para-hydroxylation sites is 1. The van der Waals surface area contributed by atoms with Crippen LogP contribution in [-0.2, 0) is 9.53 Å². The molecule has 2 aromatic rings. The van der Waals surface area contributed by atoms with Crippen molar-refractivity contribution in [2.75, 3.05) is 26.6 Å². The van der Waals surface area contributed by atoms with Crippen LogP contribution in [-0.4, -0.2) is 39.3 Å². The van der Waals surface area contributed by atoms with Crippen molar-refractivity contribution in [3.8, 4) is 17.2 Å². The van der Waals surface area contributed by atoms with Gasteiger partial charge in [-0.1, -0.05) is 32.0 Å². The molecular weight excluding hydrogens is 386 g/mol. The fraction of sp³-hybridized carbons (Fsp3) is 0.391. The highest BCUT2D eigenvalue weighted by Crippen LogP contribution is 2.35. The van der Waals surface area contributed by atoms with E-state index in [2.05, 4.69) is 19.2 Å². The average molecular weight is 415 g/mol. The van der Waals surface area contributed by atoms with E-state index in [-0.39, 0.29) is 17.2 Å². The van der Waals surface area contributed by atoms with Gasteiger partial charge in [-0.05, 0) is 30.9 Å². The number of amides is 1. The number of aryl methyl sites for hydroxylation is 1. The molecule has 0 bridgehead atoms. The van der Waals surface area contributed by atoms with Gasteiger partial charge < -0.3 is 24.3 Å². The Labute approximate surface area is 177 Å². The lowest BCUT2D eigenvalue weighted by molar-refractivity contribution is -0.123. The maximum atomic E-state index is 12.7. The van der Waals surface area contributed by atoms with Gasteiger partial charge >= 0.3 is 5.97 Å². The summed E-state index contributed by atoms with van der Waals surface area (Å²) in [4.78, 5) is 25.4. The first kappa shape index (κ1) is 23.1.